The zero-order valence-electron chi connectivity index (χ0n) is 18.2. The first-order valence-corrected chi connectivity index (χ1v) is 9.92. The Labute approximate surface area is 176 Å². The van der Waals surface area contributed by atoms with E-state index in [9.17, 15) is 29.1 Å². The molecule has 30 heavy (non-hydrogen) atoms. The molecule has 4 amide bonds. The molecule has 11 heteroatoms. The first-order chi connectivity index (χ1) is 13.7. The third kappa shape index (κ3) is 10.7. The minimum absolute atomic E-state index is 0.0278. The van der Waals surface area contributed by atoms with Gasteiger partial charge in [0.25, 0.3) is 0 Å². The van der Waals surface area contributed by atoms with Crippen LogP contribution in [0.15, 0.2) is 0 Å². The molecule has 8 N–H and O–H groups in total. The van der Waals surface area contributed by atoms with Crippen LogP contribution in [-0.2, 0) is 24.0 Å². The number of carboxylic acid groups (broad SMARTS) is 1. The fraction of sp³-hybridized carbons (Fsp3) is 0.737. The number of aliphatic carboxylic acids is 1. The van der Waals surface area contributed by atoms with Gasteiger partial charge in [-0.1, -0.05) is 27.7 Å². The monoisotopic (exact) mass is 429 g/mol. The van der Waals surface area contributed by atoms with E-state index in [4.69, 9.17) is 11.5 Å². The van der Waals surface area contributed by atoms with Gasteiger partial charge in [-0.15, -0.1) is 0 Å². The SMILES string of the molecule is CC(C)CC(NC(=O)C(C)NC(=O)C(CC(C)C)NC(=O)C(N)CC(N)=O)C(=O)O. The summed E-state index contributed by atoms with van der Waals surface area (Å²) in [7, 11) is 0. The van der Waals surface area contributed by atoms with Crippen molar-refractivity contribution in [2.45, 2.75) is 78.0 Å². The molecule has 0 radical (unpaired) electrons. The summed E-state index contributed by atoms with van der Waals surface area (Å²) in [5, 5.41) is 16.6. The van der Waals surface area contributed by atoms with Crippen LogP contribution >= 0.6 is 0 Å². The summed E-state index contributed by atoms with van der Waals surface area (Å²) < 4.78 is 0. The Morgan fingerprint density at radius 3 is 1.67 bits per heavy atom. The number of amides is 4. The summed E-state index contributed by atoms with van der Waals surface area (Å²) >= 11 is 0. The van der Waals surface area contributed by atoms with Crippen LogP contribution in [0.2, 0.25) is 0 Å². The lowest BCUT2D eigenvalue weighted by Gasteiger charge is -2.24. The summed E-state index contributed by atoms with van der Waals surface area (Å²) in [4.78, 5) is 59.3. The first kappa shape index (κ1) is 27.3. The van der Waals surface area contributed by atoms with Gasteiger partial charge in [0.2, 0.25) is 23.6 Å². The van der Waals surface area contributed by atoms with Gasteiger partial charge in [0.1, 0.15) is 18.1 Å². The Balaban J connectivity index is 5.07. The number of primary amides is 1. The van der Waals surface area contributed by atoms with E-state index in [0.717, 1.165) is 0 Å². The fourth-order valence-corrected chi connectivity index (χ4v) is 2.66. The van der Waals surface area contributed by atoms with Crippen molar-refractivity contribution in [3.63, 3.8) is 0 Å². The van der Waals surface area contributed by atoms with Crippen LogP contribution < -0.4 is 27.4 Å². The molecular weight excluding hydrogens is 394 g/mol. The molecular formula is C19H35N5O6. The molecule has 0 aliphatic heterocycles. The Morgan fingerprint density at radius 1 is 0.767 bits per heavy atom. The Hall–Kier alpha value is -2.69. The molecule has 172 valence electrons. The third-order valence-electron chi connectivity index (χ3n) is 4.17. The Kier molecular flexibility index (Phi) is 11.6. The molecule has 11 nitrogen and oxygen atoms in total. The van der Waals surface area contributed by atoms with E-state index in [1.165, 1.54) is 6.92 Å². The normalized spacial score (nSPS) is 15.1. The second-order valence-corrected chi connectivity index (χ2v) is 8.23. The maximum Gasteiger partial charge on any atom is 0.326 e. The number of nitrogens with one attached hydrogen (secondary N) is 3. The van der Waals surface area contributed by atoms with E-state index in [-0.39, 0.29) is 31.1 Å². The second-order valence-electron chi connectivity index (χ2n) is 8.23. The van der Waals surface area contributed by atoms with Crippen LogP contribution in [0.5, 0.6) is 0 Å². The number of carbonyl (C=O) groups excluding carboxylic acids is 4. The van der Waals surface area contributed by atoms with Crippen LogP contribution in [0.25, 0.3) is 0 Å². The highest BCUT2D eigenvalue weighted by Gasteiger charge is 2.29. The van der Waals surface area contributed by atoms with Gasteiger partial charge in [0.05, 0.1) is 12.5 Å². The van der Waals surface area contributed by atoms with E-state index in [2.05, 4.69) is 16.0 Å². The van der Waals surface area contributed by atoms with E-state index in [1.54, 1.807) is 0 Å². The summed E-state index contributed by atoms with van der Waals surface area (Å²) in [6, 6.07) is -4.29. The smallest absolute Gasteiger partial charge is 0.326 e. The van der Waals surface area contributed by atoms with Gasteiger partial charge in [-0.25, -0.2) is 4.79 Å². The quantitative estimate of drug-likeness (QED) is 0.212. The van der Waals surface area contributed by atoms with Gasteiger partial charge < -0.3 is 32.5 Å². The van der Waals surface area contributed by atoms with E-state index >= 15 is 0 Å². The van der Waals surface area contributed by atoms with Gasteiger partial charge >= 0.3 is 5.97 Å². The van der Waals surface area contributed by atoms with E-state index in [1.807, 2.05) is 27.7 Å². The van der Waals surface area contributed by atoms with Gasteiger partial charge in [-0.05, 0) is 31.6 Å². The van der Waals surface area contributed by atoms with Crippen molar-refractivity contribution in [1.82, 2.24) is 16.0 Å². The first-order valence-electron chi connectivity index (χ1n) is 9.92. The minimum Gasteiger partial charge on any atom is -0.480 e. The average molecular weight is 430 g/mol. The third-order valence-corrected chi connectivity index (χ3v) is 4.17. The second kappa shape index (κ2) is 12.8. The molecule has 4 atom stereocenters. The number of rotatable bonds is 13. The topological polar surface area (TPSA) is 194 Å². The number of hydrogen-bond donors (Lipinski definition) is 6. The Bertz CT molecular complexity index is 637. The van der Waals surface area contributed by atoms with Crippen LogP contribution in [0.1, 0.15) is 53.9 Å². The summed E-state index contributed by atoms with van der Waals surface area (Å²) in [5.41, 5.74) is 10.6. The molecule has 4 unspecified atom stereocenters. The molecule has 0 aromatic heterocycles. The average Bonchev–Trinajstić information content (AvgIpc) is 2.58. The lowest BCUT2D eigenvalue weighted by molar-refractivity contribution is -0.142. The molecule has 0 fully saturated rings. The molecule has 0 aromatic carbocycles. The number of hydrogen-bond acceptors (Lipinski definition) is 6. The summed E-state index contributed by atoms with van der Waals surface area (Å²) in [6.07, 6.45) is 0.138. The van der Waals surface area contributed by atoms with Gasteiger partial charge in [-0.3, -0.25) is 19.2 Å². The maximum absolute atomic E-state index is 12.6. The molecule has 0 aromatic rings. The molecule has 0 bridgehead atoms. The highest BCUT2D eigenvalue weighted by atomic mass is 16.4. The van der Waals surface area contributed by atoms with Crippen molar-refractivity contribution in [2.75, 3.05) is 0 Å². The van der Waals surface area contributed by atoms with Gasteiger partial charge in [0, 0.05) is 0 Å². The standard InChI is InChI=1S/C19H35N5O6/c1-9(2)6-13(23-17(27)12(20)8-15(21)25)18(28)22-11(5)16(26)24-14(19(29)30)7-10(3)4/h9-14H,6-8,20H2,1-5H3,(H2,21,25)(H,22,28)(H,23,27)(H,24,26)(H,29,30). The van der Waals surface area contributed by atoms with Crippen molar-refractivity contribution in [2.24, 2.45) is 23.3 Å². The predicted octanol–water partition coefficient (Wildman–Crippen LogP) is -1.16. The van der Waals surface area contributed by atoms with Gasteiger partial charge in [0.15, 0.2) is 0 Å². The van der Waals surface area contributed by atoms with Crippen LogP contribution in [-0.4, -0.2) is 58.9 Å². The fourth-order valence-electron chi connectivity index (χ4n) is 2.66. The molecule has 0 heterocycles. The van der Waals surface area contributed by atoms with Crippen LogP contribution in [0.3, 0.4) is 0 Å². The molecule has 0 aliphatic carbocycles. The van der Waals surface area contributed by atoms with Crippen LogP contribution in [0, 0.1) is 11.8 Å². The number of carbonyl (C=O) groups is 5. The lowest BCUT2D eigenvalue weighted by atomic mass is 10.0. The zero-order chi connectivity index (χ0) is 23.6. The van der Waals surface area contributed by atoms with Crippen molar-refractivity contribution < 1.29 is 29.1 Å². The molecule has 0 saturated heterocycles. The van der Waals surface area contributed by atoms with E-state index in [0.29, 0.717) is 0 Å². The predicted molar refractivity (Wildman–Crippen MR) is 110 cm³/mol. The van der Waals surface area contributed by atoms with Crippen LogP contribution in [0.4, 0.5) is 0 Å². The lowest BCUT2D eigenvalue weighted by Crippen LogP contribution is -2.56. The number of carboxylic acids is 1. The molecule has 0 saturated carbocycles. The van der Waals surface area contributed by atoms with Crippen molar-refractivity contribution in [3.05, 3.63) is 0 Å². The minimum atomic E-state index is -1.20. The zero-order valence-corrected chi connectivity index (χ0v) is 18.2. The van der Waals surface area contributed by atoms with Gasteiger partial charge in [-0.2, -0.15) is 0 Å². The maximum atomic E-state index is 12.6. The summed E-state index contributed by atoms with van der Waals surface area (Å²) in [6.45, 7) is 8.75. The largest absolute Gasteiger partial charge is 0.480 e. The highest BCUT2D eigenvalue weighted by molar-refractivity contribution is 5.94. The highest BCUT2D eigenvalue weighted by Crippen LogP contribution is 2.07. The van der Waals surface area contributed by atoms with Crippen molar-refractivity contribution in [3.8, 4) is 0 Å². The Morgan fingerprint density at radius 2 is 1.23 bits per heavy atom. The molecule has 0 rings (SSSR count). The number of nitrogens with two attached hydrogens (primary N) is 2. The molecule has 0 aliphatic rings. The van der Waals surface area contributed by atoms with E-state index < -0.39 is 53.8 Å². The van der Waals surface area contributed by atoms with Crippen molar-refractivity contribution >= 4 is 29.6 Å². The summed E-state index contributed by atoms with van der Waals surface area (Å²) in [5.74, 6) is -3.83. The molecule has 0 spiro atoms. The van der Waals surface area contributed by atoms with Crippen molar-refractivity contribution in [1.29, 1.82) is 0 Å².